The normalized spacial score (nSPS) is 23.1. The van der Waals surface area contributed by atoms with Crippen molar-refractivity contribution in [2.45, 2.75) is 31.3 Å². The first-order valence-corrected chi connectivity index (χ1v) is 12.0. The summed E-state index contributed by atoms with van der Waals surface area (Å²) in [6, 6.07) is 4.68. The van der Waals surface area contributed by atoms with Crippen molar-refractivity contribution in [1.82, 2.24) is 24.5 Å². The molecule has 2 saturated heterocycles. The smallest absolute Gasteiger partial charge is 0.251 e. The maximum atomic E-state index is 15.2. The van der Waals surface area contributed by atoms with Gasteiger partial charge in [0, 0.05) is 47.8 Å². The second-order valence-electron chi connectivity index (χ2n) is 9.25. The lowest BCUT2D eigenvalue weighted by molar-refractivity contribution is 0.0178. The zero-order chi connectivity index (χ0) is 26.0. The van der Waals surface area contributed by atoms with E-state index >= 15 is 4.39 Å². The topological polar surface area (TPSA) is 103 Å². The van der Waals surface area contributed by atoms with Gasteiger partial charge >= 0.3 is 0 Å². The lowest BCUT2D eigenvalue weighted by atomic mass is 9.97. The molecule has 6 rings (SSSR count). The number of halogens is 3. The highest BCUT2D eigenvalue weighted by atomic mass is 35.5. The minimum absolute atomic E-state index is 0.0308. The number of fused-ring (bicyclic) bond motifs is 2. The van der Waals surface area contributed by atoms with Crippen LogP contribution in [0, 0.1) is 18.6 Å². The molecule has 0 bridgehead atoms. The van der Waals surface area contributed by atoms with Crippen molar-refractivity contribution < 1.29 is 28.2 Å². The maximum absolute atomic E-state index is 15.2. The third kappa shape index (κ3) is 3.98. The van der Waals surface area contributed by atoms with Gasteiger partial charge in [-0.25, -0.2) is 13.8 Å². The predicted octanol–water partition coefficient (Wildman–Crippen LogP) is 2.90. The molecular formula is C25H22ClF2N5O4. The fourth-order valence-electron chi connectivity index (χ4n) is 5.06. The molecule has 2 N–H and O–H groups in total. The van der Waals surface area contributed by atoms with Gasteiger partial charge in [-0.3, -0.25) is 13.9 Å². The number of imidazole rings is 1. The number of pyridine rings is 1. The van der Waals surface area contributed by atoms with Gasteiger partial charge < -0.3 is 19.9 Å². The third-order valence-electron chi connectivity index (χ3n) is 6.77. The summed E-state index contributed by atoms with van der Waals surface area (Å²) >= 11 is 6.61. The van der Waals surface area contributed by atoms with E-state index in [9.17, 15) is 14.3 Å². The lowest BCUT2D eigenvalue weighted by Crippen LogP contribution is -2.44. The van der Waals surface area contributed by atoms with Crippen molar-refractivity contribution in [3.63, 3.8) is 0 Å². The van der Waals surface area contributed by atoms with Crippen LogP contribution < -0.4 is 5.32 Å². The molecule has 12 heteroatoms. The van der Waals surface area contributed by atoms with Gasteiger partial charge in [0.1, 0.15) is 46.4 Å². The number of ether oxygens (including phenoxy) is 2. The van der Waals surface area contributed by atoms with Crippen LogP contribution in [-0.4, -0.2) is 67.7 Å². The first kappa shape index (κ1) is 24.0. The Morgan fingerprint density at radius 3 is 2.73 bits per heavy atom. The quantitative estimate of drug-likeness (QED) is 0.421. The van der Waals surface area contributed by atoms with Crippen molar-refractivity contribution in [3.8, 4) is 22.4 Å². The number of hydrogen-bond donors (Lipinski definition) is 2. The largest absolute Gasteiger partial charge is 0.388 e. The summed E-state index contributed by atoms with van der Waals surface area (Å²) in [5, 5.41) is 17.2. The van der Waals surface area contributed by atoms with Gasteiger partial charge in [0.25, 0.3) is 5.91 Å². The molecule has 1 amide bonds. The second-order valence-corrected chi connectivity index (χ2v) is 9.61. The van der Waals surface area contributed by atoms with Gasteiger partial charge in [0.05, 0.1) is 24.9 Å². The number of nitrogens with zero attached hydrogens (tertiary/aromatic N) is 4. The van der Waals surface area contributed by atoms with E-state index in [0.717, 1.165) is 6.07 Å². The molecule has 5 heterocycles. The predicted molar refractivity (Wildman–Crippen MR) is 129 cm³/mol. The van der Waals surface area contributed by atoms with Crippen molar-refractivity contribution in [1.29, 1.82) is 0 Å². The molecule has 2 aliphatic heterocycles. The average Bonchev–Trinajstić information content (AvgIpc) is 3.59. The molecule has 4 atom stereocenters. The minimum atomic E-state index is -0.823. The number of amides is 1. The van der Waals surface area contributed by atoms with E-state index in [-0.39, 0.29) is 41.1 Å². The van der Waals surface area contributed by atoms with Crippen LogP contribution in [0.15, 0.2) is 36.7 Å². The number of nitrogens with one attached hydrogen (secondary N) is 1. The molecule has 0 saturated carbocycles. The number of aromatic nitrogens is 4. The monoisotopic (exact) mass is 529 g/mol. The number of carbonyl (C=O) groups is 1. The SMILES string of the molecule is Cc1nn(C)cc1-c1cc(F)cc(F)c1-c1nc2cc(C(=O)N[C@@H]3CO[C@H]4[C@@H]3OC[C@H]4O)ccn2c1Cl. The number of carbonyl (C=O) groups excluding carboxylic acids is 1. The number of hydrogen-bond acceptors (Lipinski definition) is 6. The molecule has 2 fully saturated rings. The van der Waals surface area contributed by atoms with Crippen molar-refractivity contribution >= 4 is 23.2 Å². The molecule has 192 valence electrons. The van der Waals surface area contributed by atoms with Crippen LogP contribution in [0.1, 0.15) is 16.1 Å². The van der Waals surface area contributed by atoms with Crippen LogP contribution in [0.25, 0.3) is 28.0 Å². The Labute approximate surface area is 214 Å². The maximum Gasteiger partial charge on any atom is 0.251 e. The zero-order valence-electron chi connectivity index (χ0n) is 19.8. The molecule has 4 aromatic rings. The Hall–Kier alpha value is -3.38. The highest BCUT2D eigenvalue weighted by Gasteiger charge is 2.47. The Morgan fingerprint density at radius 1 is 1.19 bits per heavy atom. The summed E-state index contributed by atoms with van der Waals surface area (Å²) in [6.07, 6.45) is 1.61. The molecular weight excluding hydrogens is 508 g/mol. The Morgan fingerprint density at radius 2 is 1.97 bits per heavy atom. The third-order valence-corrected chi connectivity index (χ3v) is 7.13. The Bertz CT molecular complexity index is 1550. The van der Waals surface area contributed by atoms with Crippen LogP contribution in [0.3, 0.4) is 0 Å². The fraction of sp³-hybridized carbons (Fsp3) is 0.320. The van der Waals surface area contributed by atoms with E-state index in [4.69, 9.17) is 21.1 Å². The van der Waals surface area contributed by atoms with Crippen LogP contribution in [0.4, 0.5) is 8.78 Å². The number of rotatable bonds is 4. The van der Waals surface area contributed by atoms with Crippen molar-refractivity contribution in [2.75, 3.05) is 13.2 Å². The van der Waals surface area contributed by atoms with E-state index in [2.05, 4.69) is 15.4 Å². The number of benzene rings is 1. The van der Waals surface area contributed by atoms with E-state index in [0.29, 0.717) is 22.5 Å². The van der Waals surface area contributed by atoms with Gasteiger partial charge in [-0.1, -0.05) is 11.6 Å². The molecule has 1 aromatic carbocycles. The van der Waals surface area contributed by atoms with Crippen molar-refractivity contribution in [3.05, 3.63) is 64.7 Å². The highest BCUT2D eigenvalue weighted by molar-refractivity contribution is 6.32. The molecule has 0 unspecified atom stereocenters. The second kappa shape index (κ2) is 8.88. The van der Waals surface area contributed by atoms with Gasteiger partial charge in [0.2, 0.25) is 0 Å². The molecule has 0 aliphatic carbocycles. The molecule has 3 aromatic heterocycles. The number of aryl methyl sites for hydroxylation is 2. The van der Waals surface area contributed by atoms with E-state index in [1.807, 2.05) is 0 Å². The number of aliphatic hydroxyl groups excluding tert-OH is 1. The summed E-state index contributed by atoms with van der Waals surface area (Å²) in [6.45, 7) is 2.12. The van der Waals surface area contributed by atoms with E-state index in [1.54, 1.807) is 37.1 Å². The van der Waals surface area contributed by atoms with E-state index < -0.39 is 36.0 Å². The van der Waals surface area contributed by atoms with Crippen LogP contribution in [0.2, 0.25) is 5.15 Å². The van der Waals surface area contributed by atoms with Crippen molar-refractivity contribution in [2.24, 2.45) is 7.05 Å². The highest BCUT2D eigenvalue weighted by Crippen LogP contribution is 2.39. The van der Waals surface area contributed by atoms with Gasteiger partial charge in [-0.15, -0.1) is 0 Å². The van der Waals surface area contributed by atoms with Gasteiger partial charge in [-0.05, 0) is 25.1 Å². The summed E-state index contributed by atoms with van der Waals surface area (Å²) < 4.78 is 43.7. The first-order valence-electron chi connectivity index (χ1n) is 11.6. The summed E-state index contributed by atoms with van der Waals surface area (Å²) in [4.78, 5) is 17.5. The van der Waals surface area contributed by atoms with Crippen LogP contribution >= 0.6 is 11.6 Å². The molecule has 9 nitrogen and oxygen atoms in total. The van der Waals surface area contributed by atoms with Gasteiger partial charge in [-0.2, -0.15) is 5.10 Å². The standard InChI is InChI=1S/C25H22ClF2N5O4/c1-11-15(8-32(2)31-11)14-6-13(27)7-16(28)20(14)21-24(26)33-4-3-12(5-19(33)30-21)25(35)29-17-9-36-23-18(34)10-37-22(17)23/h3-8,17-18,22-23,34H,9-10H2,1-2H3,(H,29,35)/t17-,18-,22-,23-/m1/s1. The van der Waals surface area contributed by atoms with E-state index in [1.165, 1.54) is 16.5 Å². The molecule has 37 heavy (non-hydrogen) atoms. The van der Waals surface area contributed by atoms with Gasteiger partial charge in [0.15, 0.2) is 0 Å². The summed E-state index contributed by atoms with van der Waals surface area (Å²) in [5.74, 6) is -1.95. The minimum Gasteiger partial charge on any atom is -0.388 e. The Balaban J connectivity index is 1.37. The molecule has 0 spiro atoms. The summed E-state index contributed by atoms with van der Waals surface area (Å²) in [5.41, 5.74) is 2.13. The average molecular weight is 530 g/mol. The zero-order valence-corrected chi connectivity index (χ0v) is 20.5. The fourth-order valence-corrected chi connectivity index (χ4v) is 5.34. The molecule has 2 aliphatic rings. The first-order chi connectivity index (χ1) is 17.7. The lowest BCUT2D eigenvalue weighted by Gasteiger charge is -2.17. The molecule has 0 radical (unpaired) electrons. The van der Waals surface area contributed by atoms with Crippen LogP contribution in [-0.2, 0) is 16.5 Å². The number of aliphatic hydroxyl groups is 1. The Kier molecular flexibility index (Phi) is 5.75. The summed E-state index contributed by atoms with van der Waals surface area (Å²) in [7, 11) is 1.72. The van der Waals surface area contributed by atoms with Crippen LogP contribution in [0.5, 0.6) is 0 Å².